The first-order valence-corrected chi connectivity index (χ1v) is 6.46. The molecule has 0 aromatic rings. The van der Waals surface area contributed by atoms with E-state index in [0.29, 0.717) is 25.9 Å². The van der Waals surface area contributed by atoms with E-state index in [0.717, 1.165) is 19.4 Å². The summed E-state index contributed by atoms with van der Waals surface area (Å²) < 4.78 is 25.3. The molecule has 1 N–H and O–H groups in total. The number of alkyl halides is 2. The van der Waals surface area contributed by atoms with Crippen molar-refractivity contribution in [3.63, 3.8) is 0 Å². The molecular weight excluding hydrogens is 226 g/mol. The van der Waals surface area contributed by atoms with E-state index < -0.39 is 12.3 Å². The standard InChI is InChI=1S/C12H20F2N2O/c13-11(14)10-4-2-6-16(8-10)12(17)9-3-1-5-15-7-9/h9-11,15H,1-8H2/t9-,10+/m1/s1. The number of hydrogen-bond acceptors (Lipinski definition) is 2. The van der Waals surface area contributed by atoms with Gasteiger partial charge in [0.15, 0.2) is 0 Å². The first-order chi connectivity index (χ1) is 8.18. The number of nitrogens with one attached hydrogen (secondary N) is 1. The molecule has 1 amide bonds. The molecule has 0 aromatic heterocycles. The zero-order valence-corrected chi connectivity index (χ0v) is 10.0. The van der Waals surface area contributed by atoms with Gasteiger partial charge in [-0.2, -0.15) is 0 Å². The molecule has 0 spiro atoms. The van der Waals surface area contributed by atoms with Gasteiger partial charge in [0.2, 0.25) is 12.3 Å². The van der Waals surface area contributed by atoms with Gasteiger partial charge < -0.3 is 10.2 Å². The van der Waals surface area contributed by atoms with E-state index in [4.69, 9.17) is 0 Å². The summed E-state index contributed by atoms with van der Waals surface area (Å²) in [5, 5.41) is 3.19. The molecule has 5 heteroatoms. The predicted octanol–water partition coefficient (Wildman–Crippen LogP) is 1.49. The highest BCUT2D eigenvalue weighted by molar-refractivity contribution is 5.79. The van der Waals surface area contributed by atoms with Crippen molar-refractivity contribution in [1.29, 1.82) is 0 Å². The van der Waals surface area contributed by atoms with Crippen LogP contribution in [0.2, 0.25) is 0 Å². The van der Waals surface area contributed by atoms with Crippen molar-refractivity contribution in [3.8, 4) is 0 Å². The van der Waals surface area contributed by atoms with Crippen LogP contribution in [0.5, 0.6) is 0 Å². The summed E-state index contributed by atoms with van der Waals surface area (Å²) in [6.45, 7) is 2.56. The minimum absolute atomic E-state index is 0.000160. The minimum Gasteiger partial charge on any atom is -0.342 e. The molecule has 98 valence electrons. The van der Waals surface area contributed by atoms with Crippen molar-refractivity contribution in [2.24, 2.45) is 11.8 Å². The summed E-state index contributed by atoms with van der Waals surface area (Å²) in [6, 6.07) is 0. The van der Waals surface area contributed by atoms with Crippen LogP contribution in [0.25, 0.3) is 0 Å². The third-order valence-electron chi connectivity index (χ3n) is 3.77. The zero-order valence-electron chi connectivity index (χ0n) is 10.0. The highest BCUT2D eigenvalue weighted by Crippen LogP contribution is 2.24. The summed E-state index contributed by atoms with van der Waals surface area (Å²) >= 11 is 0. The fraction of sp³-hybridized carbons (Fsp3) is 0.917. The smallest absolute Gasteiger partial charge is 0.243 e. The number of carbonyl (C=O) groups excluding carboxylic acids is 1. The number of halogens is 2. The Morgan fingerprint density at radius 2 is 2.12 bits per heavy atom. The van der Waals surface area contributed by atoms with Gasteiger partial charge in [-0.3, -0.25) is 4.79 Å². The fourth-order valence-electron chi connectivity index (χ4n) is 2.74. The fourth-order valence-corrected chi connectivity index (χ4v) is 2.74. The van der Waals surface area contributed by atoms with Crippen molar-refractivity contribution < 1.29 is 13.6 Å². The van der Waals surface area contributed by atoms with Gasteiger partial charge in [0.25, 0.3) is 0 Å². The first-order valence-electron chi connectivity index (χ1n) is 6.46. The molecule has 0 aliphatic carbocycles. The van der Waals surface area contributed by atoms with Crippen LogP contribution < -0.4 is 5.32 Å². The van der Waals surface area contributed by atoms with Crippen LogP contribution in [0.1, 0.15) is 25.7 Å². The molecule has 2 atom stereocenters. The lowest BCUT2D eigenvalue weighted by molar-refractivity contribution is -0.139. The molecule has 2 heterocycles. The third-order valence-corrected chi connectivity index (χ3v) is 3.77. The second kappa shape index (κ2) is 5.76. The van der Waals surface area contributed by atoms with Crippen LogP contribution in [0.4, 0.5) is 8.78 Å². The Balaban J connectivity index is 1.89. The van der Waals surface area contributed by atoms with Gasteiger partial charge >= 0.3 is 0 Å². The van der Waals surface area contributed by atoms with Crippen molar-refractivity contribution in [2.75, 3.05) is 26.2 Å². The number of carbonyl (C=O) groups is 1. The Bertz CT molecular complexity index is 267. The van der Waals surface area contributed by atoms with Crippen molar-refractivity contribution in [2.45, 2.75) is 32.1 Å². The van der Waals surface area contributed by atoms with Crippen LogP contribution >= 0.6 is 0 Å². The van der Waals surface area contributed by atoms with Gasteiger partial charge in [0.1, 0.15) is 0 Å². The molecule has 2 aliphatic heterocycles. The summed E-state index contributed by atoms with van der Waals surface area (Å²) in [5.74, 6) is -0.549. The summed E-state index contributed by atoms with van der Waals surface area (Å²) in [7, 11) is 0. The second-order valence-corrected chi connectivity index (χ2v) is 5.06. The molecule has 0 unspecified atom stereocenters. The maximum atomic E-state index is 12.6. The van der Waals surface area contributed by atoms with Crippen LogP contribution in [-0.2, 0) is 4.79 Å². The monoisotopic (exact) mass is 246 g/mol. The highest BCUT2D eigenvalue weighted by atomic mass is 19.3. The van der Waals surface area contributed by atoms with E-state index in [2.05, 4.69) is 5.32 Å². The Hall–Kier alpha value is -0.710. The summed E-state index contributed by atoms with van der Waals surface area (Å²) in [5.41, 5.74) is 0. The molecule has 0 saturated carbocycles. The molecule has 2 fully saturated rings. The summed E-state index contributed by atoms with van der Waals surface area (Å²) in [4.78, 5) is 13.8. The van der Waals surface area contributed by atoms with E-state index in [-0.39, 0.29) is 18.4 Å². The Morgan fingerprint density at radius 3 is 2.76 bits per heavy atom. The zero-order chi connectivity index (χ0) is 12.3. The van der Waals surface area contributed by atoms with E-state index in [9.17, 15) is 13.6 Å². The van der Waals surface area contributed by atoms with E-state index in [1.165, 1.54) is 0 Å². The van der Waals surface area contributed by atoms with E-state index in [1.807, 2.05) is 0 Å². The number of piperidine rings is 2. The first kappa shape index (κ1) is 12.7. The molecule has 3 nitrogen and oxygen atoms in total. The predicted molar refractivity (Wildman–Crippen MR) is 60.9 cm³/mol. The molecule has 2 saturated heterocycles. The summed E-state index contributed by atoms with van der Waals surface area (Å²) in [6.07, 6.45) is 0.852. The molecule has 0 aromatic carbocycles. The number of hydrogen-bond donors (Lipinski definition) is 1. The van der Waals surface area contributed by atoms with Gasteiger partial charge in [0, 0.05) is 25.6 Å². The molecule has 2 rings (SSSR count). The SMILES string of the molecule is O=C([C@@H]1CCCNC1)N1CCC[C@H](C(F)F)C1. The van der Waals surface area contributed by atoms with Gasteiger partial charge in [-0.1, -0.05) is 0 Å². The van der Waals surface area contributed by atoms with Crippen LogP contribution in [0.3, 0.4) is 0 Å². The lowest BCUT2D eigenvalue weighted by Gasteiger charge is -2.35. The maximum absolute atomic E-state index is 12.6. The average molecular weight is 246 g/mol. The normalized spacial score (nSPS) is 30.6. The van der Waals surface area contributed by atoms with Gasteiger partial charge in [-0.25, -0.2) is 8.78 Å². The van der Waals surface area contributed by atoms with Crippen LogP contribution in [-0.4, -0.2) is 43.4 Å². The lowest BCUT2D eigenvalue weighted by atomic mass is 9.94. The van der Waals surface area contributed by atoms with Gasteiger partial charge in [-0.05, 0) is 32.2 Å². The Morgan fingerprint density at radius 1 is 1.29 bits per heavy atom. The molecule has 17 heavy (non-hydrogen) atoms. The molecule has 0 bridgehead atoms. The van der Waals surface area contributed by atoms with Gasteiger partial charge in [-0.15, -0.1) is 0 Å². The number of rotatable bonds is 2. The number of amides is 1. The van der Waals surface area contributed by atoms with Crippen molar-refractivity contribution >= 4 is 5.91 Å². The van der Waals surface area contributed by atoms with E-state index >= 15 is 0 Å². The Kier molecular flexibility index (Phi) is 4.31. The average Bonchev–Trinajstić information content (AvgIpc) is 2.39. The third kappa shape index (κ3) is 3.15. The largest absolute Gasteiger partial charge is 0.342 e. The van der Waals surface area contributed by atoms with Gasteiger partial charge in [0.05, 0.1) is 5.92 Å². The van der Waals surface area contributed by atoms with Crippen LogP contribution in [0.15, 0.2) is 0 Å². The van der Waals surface area contributed by atoms with Crippen molar-refractivity contribution in [3.05, 3.63) is 0 Å². The maximum Gasteiger partial charge on any atom is 0.243 e. The topological polar surface area (TPSA) is 32.3 Å². The second-order valence-electron chi connectivity index (χ2n) is 5.06. The van der Waals surface area contributed by atoms with E-state index in [1.54, 1.807) is 4.90 Å². The molecule has 2 aliphatic rings. The number of nitrogens with zero attached hydrogens (tertiary/aromatic N) is 1. The molecule has 0 radical (unpaired) electrons. The molecular formula is C12H20F2N2O. The van der Waals surface area contributed by atoms with Crippen molar-refractivity contribution in [1.82, 2.24) is 10.2 Å². The Labute approximate surface area is 101 Å². The lowest BCUT2D eigenvalue weighted by Crippen LogP contribution is -2.47. The minimum atomic E-state index is -2.30. The number of likely N-dealkylation sites (tertiary alicyclic amines) is 1. The quantitative estimate of drug-likeness (QED) is 0.800. The highest BCUT2D eigenvalue weighted by Gasteiger charge is 2.32. The van der Waals surface area contributed by atoms with Crippen LogP contribution in [0, 0.1) is 11.8 Å².